The van der Waals surface area contributed by atoms with E-state index in [1.807, 2.05) is 6.92 Å². The summed E-state index contributed by atoms with van der Waals surface area (Å²) >= 11 is 3.72. The van der Waals surface area contributed by atoms with Crippen LogP contribution in [0.15, 0.2) is 0 Å². The second kappa shape index (κ2) is 6.45. The molecule has 0 saturated carbocycles. The van der Waals surface area contributed by atoms with Crippen LogP contribution in [0.3, 0.4) is 0 Å². The van der Waals surface area contributed by atoms with Crippen LogP contribution in [0.5, 0.6) is 0 Å². The van der Waals surface area contributed by atoms with E-state index < -0.39 is 12.0 Å². The minimum atomic E-state index is -0.687. The van der Waals surface area contributed by atoms with Crippen LogP contribution in [0.25, 0.3) is 0 Å². The van der Waals surface area contributed by atoms with Crippen molar-refractivity contribution in [2.24, 2.45) is 0 Å². The van der Waals surface area contributed by atoms with Crippen molar-refractivity contribution in [3.05, 3.63) is 0 Å². The first-order valence-corrected chi connectivity index (χ1v) is 3.95. The van der Waals surface area contributed by atoms with Crippen LogP contribution in [0.4, 0.5) is 0 Å². The lowest BCUT2D eigenvalue weighted by atomic mass is 10.1. The van der Waals surface area contributed by atoms with Crippen LogP contribution in [0.1, 0.15) is 26.2 Å². The van der Waals surface area contributed by atoms with Crippen LogP contribution in [-0.4, -0.2) is 17.3 Å². The number of thiol groups is 1. The number of carbonyl (C=O) groups is 1. The second-order valence-electron chi connectivity index (χ2n) is 2.23. The average Bonchev–Trinajstić information content (AvgIpc) is 2.05. The van der Waals surface area contributed by atoms with E-state index in [1.165, 1.54) is 0 Å². The molecular weight excluding hydrogens is 166 g/mol. The highest BCUT2D eigenvalue weighted by atomic mass is 32.1. The summed E-state index contributed by atoms with van der Waals surface area (Å²) in [7, 11) is 0. The van der Waals surface area contributed by atoms with Crippen molar-refractivity contribution >= 4 is 18.8 Å². The first-order valence-electron chi connectivity index (χ1n) is 3.51. The van der Waals surface area contributed by atoms with E-state index in [9.17, 15) is 4.79 Å². The Labute approximate surface area is 71.4 Å². The molecule has 0 fully saturated rings. The fraction of sp³-hybridized carbons (Fsp3) is 0.833. The van der Waals surface area contributed by atoms with Crippen molar-refractivity contribution < 1.29 is 14.9 Å². The summed E-state index contributed by atoms with van der Waals surface area (Å²) in [6.45, 7) is 2.01. The zero-order valence-corrected chi connectivity index (χ0v) is 7.30. The van der Waals surface area contributed by atoms with Crippen molar-refractivity contribution in [2.75, 3.05) is 0 Å². The summed E-state index contributed by atoms with van der Waals surface area (Å²) in [4.78, 5) is 14.2. The Balaban J connectivity index is 3.65. The lowest BCUT2D eigenvalue weighted by Gasteiger charge is -2.09. The van der Waals surface area contributed by atoms with E-state index >= 15 is 0 Å². The van der Waals surface area contributed by atoms with E-state index in [0.717, 1.165) is 12.8 Å². The van der Waals surface area contributed by atoms with E-state index in [4.69, 9.17) is 5.26 Å². The molecule has 0 bridgehead atoms. The maximum Gasteiger partial charge on any atom is 0.359 e. The summed E-state index contributed by atoms with van der Waals surface area (Å²) < 4.78 is 2.45. The van der Waals surface area contributed by atoms with Gasteiger partial charge in [-0.25, -0.2) is 4.79 Å². The molecule has 0 aliphatic rings. The third kappa shape index (κ3) is 4.23. The Bertz CT molecular complexity index is 120. The normalized spacial score (nSPS) is 12.6. The van der Waals surface area contributed by atoms with Crippen molar-refractivity contribution in [2.45, 2.75) is 32.2 Å². The van der Waals surface area contributed by atoms with Gasteiger partial charge in [0, 0.05) is 0 Å². The smallest absolute Gasteiger partial charge is 0.299 e. The fourth-order valence-electron chi connectivity index (χ4n) is 0.707. The summed E-state index contributed by atoms with van der Waals surface area (Å²) in [6.07, 6.45) is 2.51. The standard InChI is InChI=1S/C6H13NO3S/c1-2-3-4-5(7-11)6(8)10-9/h5,7,9,11H,2-4H2,1H3. The molecule has 0 aliphatic carbocycles. The molecule has 0 amide bonds. The van der Waals surface area contributed by atoms with Gasteiger partial charge >= 0.3 is 5.97 Å². The van der Waals surface area contributed by atoms with Crippen LogP contribution >= 0.6 is 12.8 Å². The van der Waals surface area contributed by atoms with Gasteiger partial charge in [-0.2, -0.15) is 5.26 Å². The van der Waals surface area contributed by atoms with Crippen LogP contribution in [-0.2, 0) is 9.68 Å². The largest absolute Gasteiger partial charge is 0.359 e. The lowest BCUT2D eigenvalue weighted by Crippen LogP contribution is -2.31. The van der Waals surface area contributed by atoms with E-state index in [-0.39, 0.29) is 0 Å². The van der Waals surface area contributed by atoms with Gasteiger partial charge in [-0.05, 0) is 6.42 Å². The van der Waals surface area contributed by atoms with Gasteiger partial charge in [0.05, 0.1) is 0 Å². The molecule has 0 rings (SSSR count). The molecule has 0 aliphatic heterocycles. The Kier molecular flexibility index (Phi) is 6.30. The highest BCUT2D eigenvalue weighted by Crippen LogP contribution is 2.02. The summed E-state index contributed by atoms with van der Waals surface area (Å²) in [5.74, 6) is -0.687. The second-order valence-corrected chi connectivity index (χ2v) is 2.49. The molecule has 11 heavy (non-hydrogen) atoms. The van der Waals surface area contributed by atoms with Gasteiger partial charge in [0.2, 0.25) is 0 Å². The first-order chi connectivity index (χ1) is 5.26. The predicted octanol–water partition coefficient (Wildman–Crippen LogP) is 0.996. The van der Waals surface area contributed by atoms with Crippen LogP contribution in [0.2, 0.25) is 0 Å². The molecule has 66 valence electrons. The molecule has 0 aromatic heterocycles. The number of hydrogen-bond donors (Lipinski definition) is 3. The molecule has 1 unspecified atom stereocenters. The third-order valence-electron chi connectivity index (χ3n) is 1.38. The highest BCUT2D eigenvalue weighted by molar-refractivity contribution is 7.78. The number of carbonyl (C=O) groups excluding carboxylic acids is 1. The average molecular weight is 179 g/mol. The van der Waals surface area contributed by atoms with Gasteiger partial charge in [-0.3, -0.25) is 9.61 Å². The fourth-order valence-corrected chi connectivity index (χ4v) is 0.941. The molecular formula is C6H13NO3S. The monoisotopic (exact) mass is 179 g/mol. The zero-order chi connectivity index (χ0) is 8.69. The molecule has 0 heterocycles. The molecule has 0 aromatic rings. The predicted molar refractivity (Wildman–Crippen MR) is 44.2 cm³/mol. The quantitative estimate of drug-likeness (QED) is 0.335. The minimum absolute atomic E-state index is 0.511. The maximum atomic E-state index is 10.7. The van der Waals surface area contributed by atoms with Gasteiger partial charge in [0.1, 0.15) is 6.04 Å². The number of hydrogen-bond acceptors (Lipinski definition) is 5. The maximum absolute atomic E-state index is 10.7. The van der Waals surface area contributed by atoms with E-state index in [1.54, 1.807) is 0 Å². The Morgan fingerprint density at radius 2 is 2.45 bits per heavy atom. The van der Waals surface area contributed by atoms with Crippen LogP contribution in [0, 0.1) is 0 Å². The van der Waals surface area contributed by atoms with Gasteiger partial charge < -0.3 is 0 Å². The number of nitrogens with one attached hydrogen (secondary N) is 1. The van der Waals surface area contributed by atoms with Gasteiger partial charge in [0.25, 0.3) is 0 Å². The SMILES string of the molecule is CCCCC(NS)C(=O)OO. The Morgan fingerprint density at radius 1 is 1.82 bits per heavy atom. The highest BCUT2D eigenvalue weighted by Gasteiger charge is 2.17. The van der Waals surface area contributed by atoms with Crippen molar-refractivity contribution in [3.8, 4) is 0 Å². The summed E-state index contributed by atoms with van der Waals surface area (Å²) in [5, 5.41) is 8.01. The Morgan fingerprint density at radius 3 is 2.82 bits per heavy atom. The number of rotatable bonds is 5. The minimum Gasteiger partial charge on any atom is -0.299 e. The summed E-state index contributed by atoms with van der Waals surface area (Å²) in [6, 6.07) is -0.511. The Hall–Kier alpha value is -0.260. The van der Waals surface area contributed by atoms with E-state index in [0.29, 0.717) is 6.42 Å². The van der Waals surface area contributed by atoms with E-state index in [2.05, 4.69) is 22.4 Å². The molecule has 0 aromatic carbocycles. The molecule has 2 N–H and O–H groups in total. The van der Waals surface area contributed by atoms with Crippen molar-refractivity contribution in [1.29, 1.82) is 0 Å². The van der Waals surface area contributed by atoms with Gasteiger partial charge in [-0.1, -0.05) is 32.6 Å². The van der Waals surface area contributed by atoms with Crippen molar-refractivity contribution in [1.82, 2.24) is 4.72 Å². The first kappa shape index (κ1) is 10.7. The topological polar surface area (TPSA) is 58.6 Å². The molecule has 0 saturated heterocycles. The van der Waals surface area contributed by atoms with Gasteiger partial charge in [-0.15, -0.1) is 0 Å². The molecule has 4 nitrogen and oxygen atoms in total. The molecule has 0 spiro atoms. The van der Waals surface area contributed by atoms with Gasteiger partial charge in [0.15, 0.2) is 0 Å². The van der Waals surface area contributed by atoms with Crippen molar-refractivity contribution in [3.63, 3.8) is 0 Å². The number of unbranched alkanes of at least 4 members (excludes halogenated alkanes) is 1. The molecule has 1 atom stereocenters. The third-order valence-corrected chi connectivity index (χ3v) is 1.69. The van der Waals surface area contributed by atoms with Crippen LogP contribution < -0.4 is 4.72 Å². The lowest BCUT2D eigenvalue weighted by molar-refractivity contribution is -0.236. The summed E-state index contributed by atoms with van der Waals surface area (Å²) in [5.41, 5.74) is 0. The molecule has 0 radical (unpaired) electrons. The zero-order valence-electron chi connectivity index (χ0n) is 6.41. The molecule has 5 heteroatoms.